The first kappa shape index (κ1) is 15.1. The topological polar surface area (TPSA) is 81.4 Å². The third-order valence-electron chi connectivity index (χ3n) is 3.55. The zero-order chi connectivity index (χ0) is 15.2. The number of nitrogens with two attached hydrogens (primary N) is 1. The van der Waals surface area contributed by atoms with Crippen LogP contribution in [0.5, 0.6) is 5.75 Å². The van der Waals surface area contributed by atoms with E-state index in [0.29, 0.717) is 17.0 Å². The Balaban J connectivity index is 2.22. The second-order valence-corrected chi connectivity index (χ2v) is 5.15. The summed E-state index contributed by atoms with van der Waals surface area (Å²) in [5, 5.41) is 2.66. The lowest BCUT2D eigenvalue weighted by Gasteiger charge is -2.24. The number of nitrogens with one attached hydrogen (secondary N) is 1. The van der Waals surface area contributed by atoms with Crippen molar-refractivity contribution in [3.05, 3.63) is 36.4 Å². The van der Waals surface area contributed by atoms with Gasteiger partial charge in [-0.3, -0.25) is 9.59 Å². The molecule has 21 heavy (non-hydrogen) atoms. The molecular formula is C16H20N2O3. The average Bonchev–Trinajstić information content (AvgIpc) is 2.49. The number of carbonyl (C=O) groups is 2. The summed E-state index contributed by atoms with van der Waals surface area (Å²) < 4.78 is 5.97. The lowest BCUT2D eigenvalue weighted by atomic mass is 9.98. The van der Waals surface area contributed by atoms with Gasteiger partial charge in [0.2, 0.25) is 11.8 Å². The molecule has 0 radical (unpaired) electrons. The maximum absolute atomic E-state index is 11.5. The number of amides is 2. The van der Waals surface area contributed by atoms with Crippen LogP contribution in [0.3, 0.4) is 0 Å². The van der Waals surface area contributed by atoms with Crippen molar-refractivity contribution in [2.75, 3.05) is 5.32 Å². The fourth-order valence-corrected chi connectivity index (χ4v) is 2.43. The summed E-state index contributed by atoms with van der Waals surface area (Å²) in [6.07, 6.45) is 6.87. The molecular weight excluding hydrogens is 268 g/mol. The Morgan fingerprint density at radius 3 is 2.62 bits per heavy atom. The number of benzene rings is 1. The lowest BCUT2D eigenvalue weighted by molar-refractivity contribution is -0.111. The van der Waals surface area contributed by atoms with Crippen LogP contribution in [0.2, 0.25) is 0 Å². The normalized spacial score (nSPS) is 15.2. The maximum atomic E-state index is 11.5. The molecule has 1 fully saturated rings. The molecule has 0 saturated heterocycles. The average molecular weight is 288 g/mol. The van der Waals surface area contributed by atoms with E-state index in [1.807, 2.05) is 0 Å². The van der Waals surface area contributed by atoms with Crippen molar-refractivity contribution < 1.29 is 14.3 Å². The molecule has 1 aliphatic carbocycles. The van der Waals surface area contributed by atoms with Gasteiger partial charge in [-0.1, -0.05) is 13.0 Å². The van der Waals surface area contributed by atoms with Gasteiger partial charge in [-0.25, -0.2) is 0 Å². The monoisotopic (exact) mass is 288 g/mol. The van der Waals surface area contributed by atoms with E-state index in [1.165, 1.54) is 18.6 Å². The predicted octanol–water partition coefficient (Wildman–Crippen LogP) is 2.62. The second kappa shape index (κ2) is 6.92. The minimum absolute atomic E-state index is 0.151. The van der Waals surface area contributed by atoms with E-state index in [2.05, 4.69) is 11.9 Å². The van der Waals surface area contributed by atoms with Crippen LogP contribution >= 0.6 is 0 Å². The van der Waals surface area contributed by atoms with Crippen molar-refractivity contribution in [1.82, 2.24) is 0 Å². The molecule has 0 bridgehead atoms. The zero-order valence-electron chi connectivity index (χ0n) is 11.9. The summed E-state index contributed by atoms with van der Waals surface area (Å²) in [6, 6.07) is 4.80. The molecule has 0 heterocycles. The van der Waals surface area contributed by atoms with E-state index < -0.39 is 5.91 Å². The van der Waals surface area contributed by atoms with Crippen LogP contribution < -0.4 is 15.8 Å². The maximum Gasteiger partial charge on any atom is 0.248 e. The minimum atomic E-state index is -0.548. The summed E-state index contributed by atoms with van der Waals surface area (Å²) in [4.78, 5) is 22.8. The molecule has 3 N–H and O–H groups in total. The van der Waals surface area contributed by atoms with Gasteiger partial charge in [0, 0.05) is 5.56 Å². The molecule has 2 amide bonds. The molecule has 0 atom stereocenters. The first-order valence-corrected chi connectivity index (χ1v) is 7.14. The molecule has 0 aromatic heterocycles. The molecule has 5 heteroatoms. The van der Waals surface area contributed by atoms with Crippen LogP contribution in [0.1, 0.15) is 42.5 Å². The molecule has 1 saturated carbocycles. The summed E-state index contributed by atoms with van der Waals surface area (Å²) in [5.41, 5.74) is 6.04. The van der Waals surface area contributed by atoms with E-state index in [-0.39, 0.29) is 12.0 Å². The van der Waals surface area contributed by atoms with E-state index in [9.17, 15) is 9.59 Å². The highest BCUT2D eigenvalue weighted by molar-refractivity contribution is 6.01. The first-order chi connectivity index (χ1) is 10.1. The van der Waals surface area contributed by atoms with E-state index in [0.717, 1.165) is 25.7 Å². The SMILES string of the molecule is C=CC(=O)Nc1cc(C(N)=O)ccc1OC1CCCCC1. The van der Waals surface area contributed by atoms with Crippen molar-refractivity contribution in [2.45, 2.75) is 38.2 Å². The molecule has 0 spiro atoms. The van der Waals surface area contributed by atoms with Crippen LogP contribution in [-0.2, 0) is 4.79 Å². The molecule has 0 unspecified atom stereocenters. The smallest absolute Gasteiger partial charge is 0.248 e. The summed E-state index contributed by atoms with van der Waals surface area (Å²) in [5.74, 6) is -0.347. The molecule has 1 aromatic rings. The molecule has 2 rings (SSSR count). The van der Waals surface area contributed by atoms with E-state index >= 15 is 0 Å². The van der Waals surface area contributed by atoms with Crippen LogP contribution in [0.4, 0.5) is 5.69 Å². The Bertz CT molecular complexity index is 548. The van der Waals surface area contributed by atoms with Gasteiger partial charge in [0.15, 0.2) is 0 Å². The first-order valence-electron chi connectivity index (χ1n) is 7.14. The second-order valence-electron chi connectivity index (χ2n) is 5.15. The summed E-state index contributed by atoms with van der Waals surface area (Å²) in [7, 11) is 0. The van der Waals surface area contributed by atoms with Crippen molar-refractivity contribution in [3.8, 4) is 5.75 Å². The molecule has 1 aliphatic rings. The van der Waals surface area contributed by atoms with E-state index in [4.69, 9.17) is 10.5 Å². The van der Waals surface area contributed by atoms with Gasteiger partial charge in [-0.15, -0.1) is 0 Å². The molecule has 0 aliphatic heterocycles. The standard InChI is InChI=1S/C16H20N2O3/c1-2-15(19)18-13-10-11(16(17)20)8-9-14(13)21-12-6-4-3-5-7-12/h2,8-10,12H,1,3-7H2,(H2,17,20)(H,18,19). The molecule has 1 aromatic carbocycles. The quantitative estimate of drug-likeness (QED) is 0.817. The number of primary amides is 1. The Hall–Kier alpha value is -2.30. The van der Waals surface area contributed by atoms with Crippen LogP contribution in [-0.4, -0.2) is 17.9 Å². The van der Waals surface area contributed by atoms with Crippen LogP contribution in [0.25, 0.3) is 0 Å². The number of ether oxygens (including phenoxy) is 1. The van der Waals surface area contributed by atoms with Crippen molar-refractivity contribution in [1.29, 1.82) is 0 Å². The van der Waals surface area contributed by atoms with Gasteiger partial charge in [0.1, 0.15) is 5.75 Å². The van der Waals surface area contributed by atoms with Gasteiger partial charge in [0.05, 0.1) is 11.8 Å². The fraction of sp³-hybridized carbons (Fsp3) is 0.375. The minimum Gasteiger partial charge on any atom is -0.488 e. The third kappa shape index (κ3) is 4.08. The van der Waals surface area contributed by atoms with Gasteiger partial charge in [0.25, 0.3) is 0 Å². The van der Waals surface area contributed by atoms with Crippen molar-refractivity contribution >= 4 is 17.5 Å². The van der Waals surface area contributed by atoms with Crippen LogP contribution in [0.15, 0.2) is 30.9 Å². The van der Waals surface area contributed by atoms with Gasteiger partial charge < -0.3 is 15.8 Å². The third-order valence-corrected chi connectivity index (χ3v) is 3.55. The lowest BCUT2D eigenvalue weighted by Crippen LogP contribution is -2.21. The van der Waals surface area contributed by atoms with Gasteiger partial charge >= 0.3 is 0 Å². The van der Waals surface area contributed by atoms with Crippen molar-refractivity contribution in [2.24, 2.45) is 5.73 Å². The van der Waals surface area contributed by atoms with Crippen molar-refractivity contribution in [3.63, 3.8) is 0 Å². The number of rotatable bonds is 5. The number of anilines is 1. The predicted molar refractivity (Wildman–Crippen MR) is 81.3 cm³/mol. The molecule has 112 valence electrons. The number of hydrogen-bond donors (Lipinski definition) is 2. The Morgan fingerprint density at radius 1 is 1.29 bits per heavy atom. The van der Waals surface area contributed by atoms with Gasteiger partial charge in [-0.2, -0.15) is 0 Å². The fourth-order valence-electron chi connectivity index (χ4n) is 2.43. The summed E-state index contributed by atoms with van der Waals surface area (Å²) >= 11 is 0. The Kier molecular flexibility index (Phi) is 4.98. The highest BCUT2D eigenvalue weighted by Gasteiger charge is 2.17. The number of hydrogen-bond acceptors (Lipinski definition) is 3. The summed E-state index contributed by atoms with van der Waals surface area (Å²) in [6.45, 7) is 3.42. The highest BCUT2D eigenvalue weighted by Crippen LogP contribution is 2.30. The molecule has 5 nitrogen and oxygen atoms in total. The Labute approximate surface area is 124 Å². The Morgan fingerprint density at radius 2 is 2.00 bits per heavy atom. The van der Waals surface area contributed by atoms with Crippen LogP contribution in [0, 0.1) is 0 Å². The zero-order valence-corrected chi connectivity index (χ0v) is 11.9. The largest absolute Gasteiger partial charge is 0.488 e. The highest BCUT2D eigenvalue weighted by atomic mass is 16.5. The van der Waals surface area contributed by atoms with E-state index in [1.54, 1.807) is 12.1 Å². The van der Waals surface area contributed by atoms with Gasteiger partial charge in [-0.05, 0) is 50.0 Å². The number of carbonyl (C=O) groups excluding carboxylic acids is 2.